The molecule has 0 unspecified atom stereocenters. The molecule has 2 saturated heterocycles. The van der Waals surface area contributed by atoms with Gasteiger partial charge in [-0.2, -0.15) is 0 Å². The zero-order valence-corrected chi connectivity index (χ0v) is 23.3. The van der Waals surface area contributed by atoms with Gasteiger partial charge in [-0.05, 0) is 24.3 Å². The maximum atomic E-state index is 9.53. The standard InChI is InChI=1S/C16H26N2S3.2C4H4O4/c1-17-9-5-13(6-10-17)19-15-3-4-16(21-15)20-14-7-11-18(2)12-8-14;2*5-3(6)1-2-4(7)8/h3-4,13-14H,5-12H2,1-2H3;2*1-2H,(H,5,6)(H,7,8)/b;2*2-1+. The highest BCUT2D eigenvalue weighted by Gasteiger charge is 2.23. The highest BCUT2D eigenvalue weighted by molar-refractivity contribution is 8.04. The first-order chi connectivity index (χ1) is 17.4. The Labute approximate surface area is 229 Å². The molecule has 1 aromatic heterocycles. The monoisotopic (exact) mass is 574 g/mol. The molecule has 3 rings (SSSR count). The molecule has 0 aromatic carbocycles. The van der Waals surface area contributed by atoms with Crippen LogP contribution >= 0.6 is 34.9 Å². The molecule has 0 bridgehead atoms. The van der Waals surface area contributed by atoms with Crippen molar-refractivity contribution in [2.45, 2.75) is 44.6 Å². The van der Waals surface area contributed by atoms with E-state index in [0.29, 0.717) is 24.3 Å². The van der Waals surface area contributed by atoms with Crippen molar-refractivity contribution in [2.75, 3.05) is 40.3 Å². The van der Waals surface area contributed by atoms with Crippen molar-refractivity contribution < 1.29 is 49.4 Å². The van der Waals surface area contributed by atoms with Crippen LogP contribution in [-0.4, -0.2) is 84.9 Å². The summed E-state index contributed by atoms with van der Waals surface area (Å²) < 4.78 is 3.08. The number of carboxylic acids is 4. The lowest BCUT2D eigenvalue weighted by Gasteiger charge is -2.25. The van der Waals surface area contributed by atoms with E-state index in [0.717, 1.165) is 10.5 Å². The zero-order valence-electron chi connectivity index (χ0n) is 20.8. The van der Waals surface area contributed by atoms with Crippen LogP contribution in [0, 0.1) is 0 Å². The summed E-state index contributed by atoms with van der Waals surface area (Å²) in [5.41, 5.74) is 0. The smallest absolute Gasteiger partial charge is 0.328 e. The van der Waals surface area contributed by atoms with Crippen LogP contribution in [0.2, 0.25) is 0 Å². The first kappa shape index (κ1) is 32.7. The predicted molar refractivity (Wildman–Crippen MR) is 139 cm³/mol. The molecule has 13 heteroatoms. The molecule has 0 spiro atoms. The molecule has 10 nitrogen and oxygen atoms in total. The van der Waals surface area contributed by atoms with Gasteiger partial charge >= 0.3 is 11.9 Å². The maximum Gasteiger partial charge on any atom is 0.328 e. The summed E-state index contributed by atoms with van der Waals surface area (Å²) in [6.07, 6.45) is 7.42. The van der Waals surface area contributed by atoms with E-state index < -0.39 is 23.9 Å². The summed E-state index contributed by atoms with van der Waals surface area (Å²) in [6.45, 7) is 5.40. The number of thiophene rings is 1. The largest absolute Gasteiger partial charge is 0.545 e. The molecule has 2 fully saturated rings. The van der Waals surface area contributed by atoms with Gasteiger partial charge in [0.25, 0.3) is 0 Å². The Hall–Kier alpha value is -2.32. The van der Waals surface area contributed by atoms with Crippen molar-refractivity contribution >= 4 is 58.7 Å². The number of piperidine rings is 2. The van der Waals surface area contributed by atoms with Crippen LogP contribution < -0.4 is 20.0 Å². The lowest BCUT2D eigenvalue weighted by atomic mass is 10.1. The Bertz CT molecular complexity index is 830. The number of nitrogens with one attached hydrogen (secondary N) is 2. The molecule has 1 aromatic rings. The van der Waals surface area contributed by atoms with Gasteiger partial charge < -0.3 is 39.8 Å². The molecule has 0 atom stereocenters. The quantitative estimate of drug-likeness (QED) is 0.256. The van der Waals surface area contributed by atoms with Crippen LogP contribution in [0.15, 0.2) is 44.9 Å². The molecule has 206 valence electrons. The molecule has 0 saturated carbocycles. The Balaban J connectivity index is 0.000000355. The van der Waals surface area contributed by atoms with Crippen LogP contribution in [0.5, 0.6) is 0 Å². The Kier molecular flexibility index (Phi) is 15.9. The first-order valence-electron chi connectivity index (χ1n) is 11.7. The van der Waals surface area contributed by atoms with Gasteiger partial charge in [0.15, 0.2) is 0 Å². The second-order valence-electron chi connectivity index (χ2n) is 8.60. The Morgan fingerprint density at radius 1 is 0.757 bits per heavy atom. The van der Waals surface area contributed by atoms with Gasteiger partial charge in [0, 0.05) is 48.3 Å². The van der Waals surface area contributed by atoms with E-state index >= 15 is 0 Å². The summed E-state index contributed by atoms with van der Waals surface area (Å²) in [5.74, 6) is -5.61. The molecular formula is C24H34N2O8S3. The Morgan fingerprint density at radius 3 is 1.32 bits per heavy atom. The Morgan fingerprint density at radius 2 is 1.08 bits per heavy atom. The van der Waals surface area contributed by atoms with E-state index in [9.17, 15) is 29.4 Å². The number of hydrogen-bond donors (Lipinski definition) is 4. The van der Waals surface area contributed by atoms with Gasteiger partial charge in [-0.15, -0.1) is 34.9 Å². The maximum absolute atomic E-state index is 9.53. The third-order valence-corrected chi connectivity index (χ3v) is 9.52. The summed E-state index contributed by atoms with van der Waals surface area (Å²) in [5, 5.41) is 36.2. The molecule has 4 N–H and O–H groups in total. The molecule has 3 heterocycles. The molecule has 2 aliphatic heterocycles. The van der Waals surface area contributed by atoms with Gasteiger partial charge in [0.2, 0.25) is 0 Å². The van der Waals surface area contributed by atoms with Crippen LogP contribution in [-0.2, 0) is 19.2 Å². The lowest BCUT2D eigenvalue weighted by molar-refractivity contribution is -0.884. The van der Waals surface area contributed by atoms with Crippen molar-refractivity contribution in [2.24, 2.45) is 0 Å². The number of carbonyl (C=O) groups excluding carboxylic acids is 2. The minimum absolute atomic E-state index is 0.447. The second kappa shape index (κ2) is 18.0. The molecule has 0 radical (unpaired) electrons. The molecular weight excluding hydrogens is 540 g/mol. The van der Waals surface area contributed by atoms with Crippen LogP contribution in [0.3, 0.4) is 0 Å². The number of likely N-dealkylation sites (tertiary alicyclic amines) is 2. The molecule has 0 aliphatic carbocycles. The van der Waals surface area contributed by atoms with Crippen molar-refractivity contribution in [3.63, 3.8) is 0 Å². The van der Waals surface area contributed by atoms with E-state index in [1.807, 2.05) is 11.3 Å². The summed E-state index contributed by atoms with van der Waals surface area (Å²) >= 11 is 6.31. The summed E-state index contributed by atoms with van der Waals surface area (Å²) in [4.78, 5) is 41.4. The van der Waals surface area contributed by atoms with Gasteiger partial charge in [0.1, 0.15) is 0 Å². The van der Waals surface area contributed by atoms with Crippen molar-refractivity contribution in [1.29, 1.82) is 0 Å². The fraction of sp³-hybridized carbons (Fsp3) is 0.500. The van der Waals surface area contributed by atoms with Crippen LogP contribution in [0.4, 0.5) is 0 Å². The van der Waals surface area contributed by atoms with Gasteiger partial charge in [-0.1, -0.05) is 0 Å². The number of rotatable bonds is 8. The zero-order chi connectivity index (χ0) is 27.8. The van der Waals surface area contributed by atoms with Crippen molar-refractivity contribution in [1.82, 2.24) is 0 Å². The average Bonchev–Trinajstić information content (AvgIpc) is 3.27. The minimum Gasteiger partial charge on any atom is -0.545 e. The molecule has 0 amide bonds. The number of aliphatic carboxylic acids is 4. The van der Waals surface area contributed by atoms with Crippen LogP contribution in [0.25, 0.3) is 0 Å². The topological polar surface area (TPSA) is 164 Å². The fourth-order valence-electron chi connectivity index (χ4n) is 3.44. The number of hydrogen-bond acceptors (Lipinski definition) is 9. The van der Waals surface area contributed by atoms with Gasteiger partial charge in [-0.3, -0.25) is 0 Å². The van der Waals surface area contributed by atoms with Crippen molar-refractivity contribution in [3.8, 4) is 0 Å². The average molecular weight is 575 g/mol. The van der Waals surface area contributed by atoms with Crippen LogP contribution in [0.1, 0.15) is 25.7 Å². The highest BCUT2D eigenvalue weighted by atomic mass is 32.2. The SMILES string of the molecule is C[NH+]1CCC(Sc2ccc(SC3CC[NH+](C)CC3)s2)CC1.O=C([O-])/C=C/C(=O)O.O=C([O-])/C=C/C(=O)O. The number of thioether (sulfide) groups is 2. The second-order valence-corrected chi connectivity index (χ2v) is 12.9. The number of carbonyl (C=O) groups is 4. The van der Waals surface area contributed by atoms with E-state index in [1.165, 1.54) is 51.9 Å². The number of carboxylic acid groups (broad SMARTS) is 4. The number of quaternary nitrogens is 2. The van der Waals surface area contributed by atoms with Gasteiger partial charge in [0.05, 0.1) is 60.6 Å². The summed E-state index contributed by atoms with van der Waals surface area (Å²) in [6, 6.07) is 4.73. The lowest BCUT2D eigenvalue weighted by Crippen LogP contribution is -3.10. The van der Waals surface area contributed by atoms with E-state index in [2.05, 4.69) is 49.8 Å². The predicted octanol–water partition coefficient (Wildman–Crippen LogP) is -1.96. The minimum atomic E-state index is -1.51. The first-order valence-corrected chi connectivity index (χ1v) is 14.3. The molecule has 37 heavy (non-hydrogen) atoms. The fourth-order valence-corrected chi connectivity index (χ4v) is 7.70. The summed E-state index contributed by atoms with van der Waals surface area (Å²) in [7, 11) is 4.65. The van der Waals surface area contributed by atoms with Crippen molar-refractivity contribution in [3.05, 3.63) is 36.4 Å². The third kappa shape index (κ3) is 16.9. The van der Waals surface area contributed by atoms with Gasteiger partial charge in [-0.25, -0.2) is 9.59 Å². The van der Waals surface area contributed by atoms with E-state index in [-0.39, 0.29) is 0 Å². The van der Waals surface area contributed by atoms with E-state index in [1.54, 1.807) is 18.2 Å². The normalized spacial score (nSPS) is 23.4. The van der Waals surface area contributed by atoms with E-state index in [4.69, 9.17) is 10.2 Å². The molecule has 2 aliphatic rings. The third-order valence-electron chi connectivity index (χ3n) is 5.42. The highest BCUT2D eigenvalue weighted by Crippen LogP contribution is 2.39.